The Hall–Kier alpha value is -8.19. The van der Waals surface area contributed by atoms with Gasteiger partial charge in [-0.05, 0) is 0 Å². The van der Waals surface area contributed by atoms with E-state index in [1.165, 1.54) is 0 Å². The SMILES string of the molecule is NCC(=O)N[C@@H](CO)C(=O)N[C@@H](CO)C(=O)NCC(=O)NCC(=O)NCC(=O)NCC(=O)NCC(=O)N[C@@H](CO)C(=O)NCC(=O)NCC(=O)NCC(=O)NCC(=O)N[C@@H](CO)C(=O)N[C@@H](CO)C(=O)O. The molecule has 36 nitrogen and oxygen atoms in total. The zero-order chi connectivity index (χ0) is 54.1. The van der Waals surface area contributed by atoms with Gasteiger partial charge in [0.2, 0.25) is 82.7 Å². The number of nitrogens with two attached hydrogens (primary N) is 1. The van der Waals surface area contributed by atoms with Crippen LogP contribution >= 0.6 is 0 Å². The summed E-state index contributed by atoms with van der Waals surface area (Å²) in [7, 11) is 0. The van der Waals surface area contributed by atoms with Crippen molar-refractivity contribution in [2.75, 3.05) is 98.5 Å². The lowest BCUT2D eigenvalue weighted by Gasteiger charge is -2.20. The molecular formula is C35H57N15O21. The van der Waals surface area contributed by atoms with Crippen LogP contribution in [0.4, 0.5) is 0 Å². The van der Waals surface area contributed by atoms with Crippen molar-refractivity contribution in [1.82, 2.24) is 74.4 Å². The van der Waals surface area contributed by atoms with Gasteiger partial charge < -0.3 is 111 Å². The second kappa shape index (κ2) is 35.0. The molecule has 0 aliphatic heterocycles. The third kappa shape index (κ3) is 28.0. The summed E-state index contributed by atoms with van der Waals surface area (Å²) < 4.78 is 0. The number of carboxylic acids is 1. The monoisotopic (exact) mass is 1020 g/mol. The van der Waals surface area contributed by atoms with E-state index < -0.39 is 217 Å². The predicted molar refractivity (Wildman–Crippen MR) is 229 cm³/mol. The molecule has 0 radical (unpaired) electrons. The largest absolute Gasteiger partial charge is 0.480 e. The van der Waals surface area contributed by atoms with Gasteiger partial charge in [0.1, 0.15) is 30.2 Å². The number of carboxylic acid groups (broad SMARTS) is 1. The quantitative estimate of drug-likeness (QED) is 0.0285. The minimum atomic E-state index is -1.71. The Balaban J connectivity index is 4.44. The van der Waals surface area contributed by atoms with Crippen LogP contribution < -0.4 is 80.2 Å². The second-order valence-corrected chi connectivity index (χ2v) is 13.8. The Morgan fingerprint density at radius 2 is 0.493 bits per heavy atom. The van der Waals surface area contributed by atoms with Crippen molar-refractivity contribution in [2.45, 2.75) is 30.2 Å². The molecule has 0 fully saturated rings. The Bertz CT molecular complexity index is 1940. The molecule has 5 atom stereocenters. The van der Waals surface area contributed by atoms with Crippen molar-refractivity contribution in [3.05, 3.63) is 0 Å². The smallest absolute Gasteiger partial charge is 0.328 e. The maximum atomic E-state index is 12.4. The highest BCUT2D eigenvalue weighted by Crippen LogP contribution is 1.91. The third-order valence-corrected chi connectivity index (χ3v) is 8.27. The normalized spacial score (nSPS) is 12.4. The van der Waals surface area contributed by atoms with Crippen LogP contribution in [0.25, 0.3) is 0 Å². The average molecular weight is 1020 g/mol. The van der Waals surface area contributed by atoms with E-state index in [9.17, 15) is 92.3 Å². The maximum absolute atomic E-state index is 12.4. The van der Waals surface area contributed by atoms with Gasteiger partial charge in [-0.3, -0.25) is 67.1 Å². The highest BCUT2D eigenvalue weighted by Gasteiger charge is 2.28. The first-order chi connectivity index (χ1) is 33.5. The minimum absolute atomic E-state index is 0.501. The number of rotatable bonds is 34. The Kier molecular flexibility index (Phi) is 31.0. The van der Waals surface area contributed by atoms with Crippen LogP contribution in [-0.4, -0.2) is 248 Å². The van der Waals surface area contributed by atoms with Crippen molar-refractivity contribution >= 4 is 88.7 Å². The molecule has 0 aliphatic rings. The Morgan fingerprint density at radius 3 is 0.746 bits per heavy atom. The average Bonchev–Trinajstić information content (AvgIpc) is 3.35. The molecule has 0 unspecified atom stereocenters. The van der Waals surface area contributed by atoms with Crippen LogP contribution in [0.1, 0.15) is 0 Å². The van der Waals surface area contributed by atoms with E-state index in [0.717, 1.165) is 0 Å². The summed E-state index contributed by atoms with van der Waals surface area (Å²) in [6.07, 6.45) is 0. The number of carbonyl (C=O) groups is 15. The molecule has 0 aromatic heterocycles. The fraction of sp³-hybridized carbons (Fsp3) is 0.571. The van der Waals surface area contributed by atoms with E-state index in [-0.39, 0.29) is 0 Å². The van der Waals surface area contributed by atoms with Crippen LogP contribution in [0, 0.1) is 0 Å². The van der Waals surface area contributed by atoms with E-state index in [0.29, 0.717) is 0 Å². The summed E-state index contributed by atoms with van der Waals surface area (Å²) in [5, 5.41) is 84.3. The fourth-order valence-corrected chi connectivity index (χ4v) is 4.52. The van der Waals surface area contributed by atoms with Gasteiger partial charge in [0.05, 0.1) is 98.5 Å². The minimum Gasteiger partial charge on any atom is -0.480 e. The maximum Gasteiger partial charge on any atom is 0.328 e. The number of nitrogens with one attached hydrogen (secondary N) is 14. The van der Waals surface area contributed by atoms with Gasteiger partial charge in [0.25, 0.3) is 0 Å². The van der Waals surface area contributed by atoms with Gasteiger partial charge in [-0.1, -0.05) is 0 Å². The highest BCUT2D eigenvalue weighted by molar-refractivity contribution is 5.97. The number of hydrogen-bond donors (Lipinski definition) is 21. The van der Waals surface area contributed by atoms with Crippen molar-refractivity contribution < 1.29 is 103 Å². The van der Waals surface area contributed by atoms with Crippen LogP contribution in [0.2, 0.25) is 0 Å². The molecule has 0 aromatic carbocycles. The molecule has 0 bridgehead atoms. The highest BCUT2D eigenvalue weighted by atomic mass is 16.4. The van der Waals surface area contributed by atoms with E-state index in [4.69, 9.17) is 15.9 Å². The summed E-state index contributed by atoms with van der Waals surface area (Å²) in [5.74, 6) is -15.1. The van der Waals surface area contributed by atoms with Gasteiger partial charge in [-0.25, -0.2) is 4.79 Å². The first-order valence-corrected chi connectivity index (χ1v) is 20.4. The Labute approximate surface area is 399 Å². The first kappa shape index (κ1) is 62.8. The van der Waals surface area contributed by atoms with Gasteiger partial charge in [-0.2, -0.15) is 0 Å². The van der Waals surface area contributed by atoms with Gasteiger partial charge in [0, 0.05) is 0 Å². The van der Waals surface area contributed by atoms with E-state index >= 15 is 0 Å². The summed E-state index contributed by atoms with van der Waals surface area (Å²) >= 11 is 0. The van der Waals surface area contributed by atoms with E-state index in [1.54, 1.807) is 0 Å². The number of aliphatic carboxylic acids is 1. The topological polar surface area (TPSA) is 572 Å². The van der Waals surface area contributed by atoms with Crippen LogP contribution in [0.15, 0.2) is 0 Å². The summed E-state index contributed by atoms with van der Waals surface area (Å²) in [6, 6.07) is -8.08. The second-order valence-electron chi connectivity index (χ2n) is 13.8. The lowest BCUT2D eigenvalue weighted by molar-refractivity contribution is -0.143. The first-order valence-electron chi connectivity index (χ1n) is 20.4. The molecule has 0 aliphatic carbocycles. The molecule has 36 heteroatoms. The van der Waals surface area contributed by atoms with Gasteiger partial charge in [0.15, 0.2) is 0 Å². The molecule has 14 amide bonds. The number of aliphatic hydroxyl groups is 5. The number of aliphatic hydroxyl groups excluding tert-OH is 5. The van der Waals surface area contributed by atoms with Crippen molar-refractivity contribution in [1.29, 1.82) is 0 Å². The van der Waals surface area contributed by atoms with Crippen molar-refractivity contribution in [3.63, 3.8) is 0 Å². The van der Waals surface area contributed by atoms with E-state index in [1.807, 2.05) is 10.6 Å². The predicted octanol–water partition coefficient (Wildman–Crippen LogP) is -16.5. The summed E-state index contributed by atoms with van der Waals surface area (Å²) in [6.45, 7) is -11.8. The zero-order valence-electron chi connectivity index (χ0n) is 37.4. The number of carbonyl (C=O) groups excluding carboxylic acids is 14. The van der Waals surface area contributed by atoms with Crippen molar-refractivity contribution in [3.8, 4) is 0 Å². The fourth-order valence-electron chi connectivity index (χ4n) is 4.52. The molecule has 0 saturated carbocycles. The summed E-state index contributed by atoms with van der Waals surface area (Å²) in [5.41, 5.74) is 5.12. The molecule has 71 heavy (non-hydrogen) atoms. The number of amides is 14. The van der Waals surface area contributed by atoms with E-state index in [2.05, 4.69) is 63.8 Å². The molecule has 0 saturated heterocycles. The molecule has 0 aromatic rings. The number of hydrogen-bond acceptors (Lipinski definition) is 21. The standard InChI is InChI=1S/C35H57N15O21/c36-1-21(56)46-18(13-53)33(68)49-17(12-52)32(67)45-8-28(63)41-3-23(58)37-2-22(57)38-5-25(60)42-9-29(64)47-16(11-51)31(66)44-7-27(62)40-4-24(59)39-6-26(61)43-10-30(65)48-19(14-54)34(69)50-20(15-55)35(70)71/h16-20,51-55H,1-15,36H2,(H,37,58)(H,38,57)(H,39,59)(H,40,62)(H,41,63)(H,42,60)(H,43,61)(H,44,66)(H,45,67)(H,46,56)(H,47,64)(H,48,65)(H,49,68)(H,50,69)(H,70,71)/t16-,17-,18-,19-,20-/m0/s1. The molecule has 398 valence electrons. The lowest BCUT2D eigenvalue weighted by Crippen LogP contribution is -2.57. The molecule has 0 spiro atoms. The van der Waals surface area contributed by atoms with Crippen molar-refractivity contribution in [2.24, 2.45) is 5.73 Å². The summed E-state index contributed by atoms with van der Waals surface area (Å²) in [4.78, 5) is 180. The van der Waals surface area contributed by atoms with Gasteiger partial charge >= 0.3 is 5.97 Å². The van der Waals surface area contributed by atoms with Crippen LogP contribution in [-0.2, 0) is 71.9 Å². The van der Waals surface area contributed by atoms with Gasteiger partial charge in [-0.15, -0.1) is 0 Å². The van der Waals surface area contributed by atoms with Crippen LogP contribution in [0.3, 0.4) is 0 Å². The lowest BCUT2D eigenvalue weighted by atomic mass is 10.2. The molecule has 0 rings (SSSR count). The molecule has 0 heterocycles. The molecular weight excluding hydrogens is 966 g/mol. The molecule has 22 N–H and O–H groups in total. The third-order valence-electron chi connectivity index (χ3n) is 8.27. The van der Waals surface area contributed by atoms with Crippen LogP contribution in [0.5, 0.6) is 0 Å². The zero-order valence-corrected chi connectivity index (χ0v) is 37.4. The Morgan fingerprint density at radius 1 is 0.282 bits per heavy atom.